The molecule has 2 heteroatoms. The summed E-state index contributed by atoms with van der Waals surface area (Å²) in [5.74, 6) is 0. The number of hydrogen-bond donors (Lipinski definition) is 0. The van der Waals surface area contributed by atoms with Crippen molar-refractivity contribution in [3.63, 3.8) is 0 Å². The standard InChI is InChI=1S/C34H72N.HI/c1-5-8-11-14-17-20-23-26-29-32-35(4,33-30-27-24-21-18-15-12-9-6-2)34-31-28-25-22-19-16-13-10-7-3;/h5-34H2,1-4H3;1H/q+1;/p-1. The molecule has 0 aromatic carbocycles. The summed E-state index contributed by atoms with van der Waals surface area (Å²) in [4.78, 5) is 0. The summed E-state index contributed by atoms with van der Waals surface area (Å²) in [6.45, 7) is 11.3. The van der Waals surface area contributed by atoms with Crippen molar-refractivity contribution in [2.45, 2.75) is 194 Å². The quantitative estimate of drug-likeness (QED) is 0.0427. The molecule has 0 bridgehead atoms. The summed E-state index contributed by atoms with van der Waals surface area (Å²) in [5.41, 5.74) is 0. The molecule has 220 valence electrons. The third kappa shape index (κ3) is 29.2. The van der Waals surface area contributed by atoms with Gasteiger partial charge >= 0.3 is 0 Å². The molecule has 1 nitrogen and oxygen atoms in total. The Kier molecular flexibility index (Phi) is 34.4. The lowest BCUT2D eigenvalue weighted by Crippen LogP contribution is -3.00. The molecule has 0 saturated carbocycles. The van der Waals surface area contributed by atoms with Crippen molar-refractivity contribution in [2.75, 3.05) is 26.7 Å². The van der Waals surface area contributed by atoms with Crippen LogP contribution >= 0.6 is 0 Å². The highest BCUT2D eigenvalue weighted by atomic mass is 127. The van der Waals surface area contributed by atoms with Crippen LogP contribution in [0, 0.1) is 0 Å². The Bertz CT molecular complexity index is 328. The second-order valence-electron chi connectivity index (χ2n) is 12.3. The number of halogens is 1. The van der Waals surface area contributed by atoms with Crippen LogP contribution < -0.4 is 24.0 Å². The Morgan fingerprint density at radius 3 is 0.639 bits per heavy atom. The zero-order chi connectivity index (χ0) is 25.7. The summed E-state index contributed by atoms with van der Waals surface area (Å²) in [6, 6.07) is 0. The normalized spacial score (nSPS) is 11.7. The lowest BCUT2D eigenvalue weighted by Gasteiger charge is -2.35. The number of rotatable bonds is 30. The van der Waals surface area contributed by atoms with Crippen molar-refractivity contribution >= 4 is 0 Å². The lowest BCUT2D eigenvalue weighted by molar-refractivity contribution is -0.910. The van der Waals surface area contributed by atoms with Crippen LogP contribution in [0.5, 0.6) is 0 Å². The second kappa shape index (κ2) is 31.9. The highest BCUT2D eigenvalue weighted by Gasteiger charge is 2.20. The molecular formula is C34H72IN. The summed E-state index contributed by atoms with van der Waals surface area (Å²) >= 11 is 0. The minimum atomic E-state index is 0. The first-order valence-corrected chi connectivity index (χ1v) is 17.0. The summed E-state index contributed by atoms with van der Waals surface area (Å²) in [5, 5.41) is 0. The Balaban J connectivity index is 0. The minimum absolute atomic E-state index is 0. The number of hydrogen-bond acceptors (Lipinski definition) is 0. The van der Waals surface area contributed by atoms with Crippen LogP contribution in [0.4, 0.5) is 0 Å². The van der Waals surface area contributed by atoms with E-state index >= 15 is 0 Å². The van der Waals surface area contributed by atoms with Crippen molar-refractivity contribution in [1.82, 2.24) is 0 Å². The highest BCUT2D eigenvalue weighted by Crippen LogP contribution is 2.17. The van der Waals surface area contributed by atoms with Crippen molar-refractivity contribution in [3.8, 4) is 0 Å². The van der Waals surface area contributed by atoms with E-state index in [0.29, 0.717) is 0 Å². The average Bonchev–Trinajstić information content (AvgIpc) is 2.86. The van der Waals surface area contributed by atoms with Gasteiger partial charge in [0.15, 0.2) is 0 Å². The first kappa shape index (κ1) is 38.8. The van der Waals surface area contributed by atoms with E-state index in [1.807, 2.05) is 0 Å². The molecule has 0 rings (SSSR count). The van der Waals surface area contributed by atoms with Crippen molar-refractivity contribution < 1.29 is 28.5 Å². The van der Waals surface area contributed by atoms with E-state index in [2.05, 4.69) is 27.8 Å². The zero-order valence-electron chi connectivity index (χ0n) is 26.0. The van der Waals surface area contributed by atoms with Gasteiger partial charge in [-0.2, -0.15) is 0 Å². The van der Waals surface area contributed by atoms with Crippen LogP contribution in [-0.4, -0.2) is 31.2 Å². The fraction of sp³-hybridized carbons (Fsp3) is 1.00. The first-order valence-electron chi connectivity index (χ1n) is 17.0. The molecular weight excluding hydrogens is 549 g/mol. The maximum absolute atomic E-state index is 2.60. The molecule has 0 atom stereocenters. The molecule has 0 unspecified atom stereocenters. The van der Waals surface area contributed by atoms with Crippen LogP contribution in [0.15, 0.2) is 0 Å². The SMILES string of the molecule is CCCCCCCCCCC[N+](C)(CCCCCCCCCCC)CCCCCCCCCCC.[I-]. The third-order valence-corrected chi connectivity index (χ3v) is 8.40. The Morgan fingerprint density at radius 1 is 0.278 bits per heavy atom. The van der Waals surface area contributed by atoms with Crippen LogP contribution in [0.25, 0.3) is 0 Å². The van der Waals surface area contributed by atoms with Gasteiger partial charge in [0, 0.05) is 0 Å². The van der Waals surface area contributed by atoms with E-state index in [-0.39, 0.29) is 24.0 Å². The monoisotopic (exact) mass is 621 g/mol. The molecule has 0 N–H and O–H groups in total. The van der Waals surface area contributed by atoms with Crippen LogP contribution in [0.1, 0.15) is 194 Å². The van der Waals surface area contributed by atoms with Gasteiger partial charge in [-0.25, -0.2) is 0 Å². The van der Waals surface area contributed by atoms with Gasteiger partial charge in [-0.05, 0) is 38.5 Å². The fourth-order valence-corrected chi connectivity index (χ4v) is 5.75. The van der Waals surface area contributed by atoms with E-state index in [9.17, 15) is 0 Å². The molecule has 0 aromatic heterocycles. The molecule has 0 spiro atoms. The number of nitrogens with zero attached hydrogens (tertiary/aromatic N) is 1. The summed E-state index contributed by atoms with van der Waals surface area (Å²) < 4.78 is 1.36. The van der Waals surface area contributed by atoms with E-state index in [4.69, 9.17) is 0 Å². The maximum Gasteiger partial charge on any atom is 0.0784 e. The number of quaternary nitrogens is 1. The van der Waals surface area contributed by atoms with E-state index in [1.54, 1.807) is 0 Å². The van der Waals surface area contributed by atoms with Crippen molar-refractivity contribution in [2.24, 2.45) is 0 Å². The number of unbranched alkanes of at least 4 members (excludes halogenated alkanes) is 24. The van der Waals surface area contributed by atoms with Gasteiger partial charge in [-0.1, -0.05) is 156 Å². The average molecular weight is 622 g/mol. The van der Waals surface area contributed by atoms with Crippen LogP contribution in [0.2, 0.25) is 0 Å². The molecule has 0 aliphatic heterocycles. The molecule has 0 radical (unpaired) electrons. The molecule has 0 aliphatic rings. The summed E-state index contributed by atoms with van der Waals surface area (Å²) in [6.07, 6.45) is 39.3. The van der Waals surface area contributed by atoms with Gasteiger partial charge in [-0.15, -0.1) is 0 Å². The summed E-state index contributed by atoms with van der Waals surface area (Å²) in [7, 11) is 2.60. The van der Waals surface area contributed by atoms with Gasteiger partial charge in [0.1, 0.15) is 0 Å². The smallest absolute Gasteiger partial charge is 0.0784 e. The van der Waals surface area contributed by atoms with Crippen molar-refractivity contribution in [1.29, 1.82) is 0 Å². The Labute approximate surface area is 248 Å². The van der Waals surface area contributed by atoms with Gasteiger partial charge in [0.2, 0.25) is 0 Å². The molecule has 0 saturated heterocycles. The molecule has 0 aliphatic carbocycles. The van der Waals surface area contributed by atoms with Crippen LogP contribution in [0.3, 0.4) is 0 Å². The van der Waals surface area contributed by atoms with E-state index in [1.165, 1.54) is 197 Å². The molecule has 0 fully saturated rings. The minimum Gasteiger partial charge on any atom is -1.00 e. The Morgan fingerprint density at radius 2 is 0.444 bits per heavy atom. The van der Waals surface area contributed by atoms with Gasteiger partial charge in [0.25, 0.3) is 0 Å². The predicted octanol–water partition coefficient (Wildman–Crippen LogP) is 9.03. The molecule has 0 amide bonds. The molecule has 0 heterocycles. The van der Waals surface area contributed by atoms with Crippen molar-refractivity contribution in [3.05, 3.63) is 0 Å². The fourth-order valence-electron chi connectivity index (χ4n) is 5.75. The van der Waals surface area contributed by atoms with Gasteiger partial charge < -0.3 is 28.5 Å². The first-order chi connectivity index (χ1) is 17.2. The lowest BCUT2D eigenvalue weighted by atomic mass is 10.0. The molecule has 36 heavy (non-hydrogen) atoms. The van der Waals surface area contributed by atoms with Crippen LogP contribution in [-0.2, 0) is 0 Å². The Hall–Kier alpha value is 0.690. The van der Waals surface area contributed by atoms with E-state index in [0.717, 1.165) is 0 Å². The third-order valence-electron chi connectivity index (χ3n) is 8.40. The maximum atomic E-state index is 2.60. The topological polar surface area (TPSA) is 0 Å². The highest BCUT2D eigenvalue weighted by molar-refractivity contribution is 4.52. The zero-order valence-corrected chi connectivity index (χ0v) is 28.2. The van der Waals surface area contributed by atoms with Gasteiger partial charge in [0.05, 0.1) is 26.7 Å². The largest absolute Gasteiger partial charge is 1.00 e. The van der Waals surface area contributed by atoms with Gasteiger partial charge in [-0.3, -0.25) is 0 Å². The van der Waals surface area contributed by atoms with E-state index < -0.39 is 0 Å². The molecule has 0 aromatic rings. The predicted molar refractivity (Wildman–Crippen MR) is 162 cm³/mol. The second-order valence-corrected chi connectivity index (χ2v) is 12.3.